The summed E-state index contributed by atoms with van der Waals surface area (Å²) >= 11 is 0. The molecule has 3 aromatic rings. The zero-order valence-electron chi connectivity index (χ0n) is 11.7. The van der Waals surface area contributed by atoms with Gasteiger partial charge in [-0.2, -0.15) is 0 Å². The second kappa shape index (κ2) is 6.93. The fourth-order valence-electron chi connectivity index (χ4n) is 2.49. The quantitative estimate of drug-likeness (QED) is 0.622. The second-order valence-corrected chi connectivity index (χ2v) is 7.99. The zero-order valence-corrected chi connectivity index (χ0v) is 14.3. The third-order valence-electron chi connectivity index (χ3n) is 3.59. The van der Waals surface area contributed by atoms with Crippen LogP contribution in [-0.2, 0) is 0 Å². The Morgan fingerprint density at radius 2 is 0.714 bits per heavy atom. The molecule has 0 unspecified atom stereocenters. The molecule has 0 aromatic heterocycles. The number of benzene rings is 3. The highest BCUT2D eigenvalue weighted by molar-refractivity contribution is 8.93. The minimum atomic E-state index is -1.78. The van der Waals surface area contributed by atoms with E-state index in [1.165, 1.54) is 15.9 Å². The van der Waals surface area contributed by atoms with Gasteiger partial charge in [-0.05, 0) is 22.8 Å². The maximum absolute atomic E-state index is 4.69. The summed E-state index contributed by atoms with van der Waals surface area (Å²) in [5.74, 6) is 0. The van der Waals surface area contributed by atoms with E-state index in [-0.39, 0.29) is 17.0 Å². The molecule has 0 saturated carbocycles. The lowest BCUT2D eigenvalue weighted by Crippen LogP contribution is -2.25. The summed E-state index contributed by atoms with van der Waals surface area (Å²) in [5, 5.41) is 3.95. The van der Waals surface area contributed by atoms with Crippen LogP contribution in [0.4, 0.5) is 0 Å². The lowest BCUT2D eigenvalue weighted by Gasteiger charge is -2.26. The summed E-state index contributed by atoms with van der Waals surface area (Å²) in [6.45, 7) is -1.78. The molecule has 21 heavy (non-hydrogen) atoms. The van der Waals surface area contributed by atoms with Crippen LogP contribution in [0.5, 0.6) is 0 Å². The van der Waals surface area contributed by atoms with Crippen molar-refractivity contribution in [2.75, 3.05) is 0 Å². The van der Waals surface area contributed by atoms with Crippen molar-refractivity contribution < 1.29 is 0 Å². The molecule has 0 aliphatic carbocycles. The van der Waals surface area contributed by atoms with E-state index < -0.39 is 6.89 Å². The van der Waals surface area contributed by atoms with E-state index in [9.17, 15) is 0 Å². The van der Waals surface area contributed by atoms with Crippen molar-refractivity contribution >= 4 is 46.1 Å². The first-order valence-corrected chi connectivity index (χ1v) is 8.69. The molecule has 0 amide bonds. The van der Waals surface area contributed by atoms with Gasteiger partial charge in [0.2, 0.25) is 0 Å². The van der Waals surface area contributed by atoms with Crippen LogP contribution >= 0.6 is 23.9 Å². The highest BCUT2D eigenvalue weighted by Gasteiger charge is 2.21. The molecule has 0 heterocycles. The Morgan fingerprint density at radius 1 is 0.476 bits per heavy atom. The SMILES string of the molecule is Br.C=P(c1ccccc1)(c1ccccc1)c1ccccc1. The van der Waals surface area contributed by atoms with E-state index in [1.807, 2.05) is 0 Å². The van der Waals surface area contributed by atoms with E-state index in [0.29, 0.717) is 0 Å². The first-order chi connectivity index (χ1) is 9.82. The van der Waals surface area contributed by atoms with E-state index in [2.05, 4.69) is 91.0 Å². The first-order valence-electron chi connectivity index (χ1n) is 6.72. The average Bonchev–Trinajstić information content (AvgIpc) is 2.56. The summed E-state index contributed by atoms with van der Waals surface area (Å²) in [6, 6.07) is 31.9. The Morgan fingerprint density at radius 3 is 0.952 bits per heavy atom. The molecular formula is C19H18BrP. The van der Waals surface area contributed by atoms with E-state index >= 15 is 0 Å². The van der Waals surface area contributed by atoms with Crippen LogP contribution in [0.2, 0.25) is 0 Å². The minimum absolute atomic E-state index is 0. The summed E-state index contributed by atoms with van der Waals surface area (Å²) in [4.78, 5) is 0. The lowest BCUT2D eigenvalue weighted by molar-refractivity contribution is 1.73. The third kappa shape index (κ3) is 3.05. The largest absolute Gasteiger partial charge is 0.114 e. The zero-order chi connectivity index (χ0) is 13.8. The molecule has 106 valence electrons. The number of hydrogen-bond donors (Lipinski definition) is 0. The molecule has 0 saturated heterocycles. The molecule has 0 atom stereocenters. The van der Waals surface area contributed by atoms with Crippen molar-refractivity contribution in [1.82, 2.24) is 0 Å². The van der Waals surface area contributed by atoms with Crippen LogP contribution < -0.4 is 15.9 Å². The summed E-state index contributed by atoms with van der Waals surface area (Å²) < 4.78 is 0. The number of halogens is 1. The smallest absolute Gasteiger partial charge is 0.0166 e. The van der Waals surface area contributed by atoms with Gasteiger partial charge in [-0.1, -0.05) is 97.3 Å². The van der Waals surface area contributed by atoms with Crippen LogP contribution in [0.1, 0.15) is 0 Å². The Hall–Kier alpha value is -1.56. The summed E-state index contributed by atoms with van der Waals surface area (Å²) in [6.07, 6.45) is 4.69. The Bertz CT molecular complexity index is 618. The molecule has 3 rings (SSSR count). The van der Waals surface area contributed by atoms with Gasteiger partial charge >= 0.3 is 0 Å². The number of rotatable bonds is 3. The average molecular weight is 357 g/mol. The van der Waals surface area contributed by atoms with Gasteiger partial charge in [0.25, 0.3) is 0 Å². The van der Waals surface area contributed by atoms with Crippen molar-refractivity contribution in [2.45, 2.75) is 0 Å². The van der Waals surface area contributed by atoms with Crippen LogP contribution in [0.3, 0.4) is 0 Å². The van der Waals surface area contributed by atoms with Crippen molar-refractivity contribution in [3.63, 3.8) is 0 Å². The Kier molecular flexibility index (Phi) is 5.22. The molecule has 0 aliphatic heterocycles. The Labute approximate surface area is 137 Å². The van der Waals surface area contributed by atoms with Gasteiger partial charge in [-0.3, -0.25) is 0 Å². The molecule has 2 heteroatoms. The predicted molar refractivity (Wildman–Crippen MR) is 103 cm³/mol. The van der Waals surface area contributed by atoms with Crippen LogP contribution in [0.25, 0.3) is 0 Å². The van der Waals surface area contributed by atoms with Crippen molar-refractivity contribution in [2.24, 2.45) is 0 Å². The molecule has 0 nitrogen and oxygen atoms in total. The molecule has 0 fully saturated rings. The standard InChI is InChI=1S/C19H17P.BrH/c1-20(17-11-5-2-6-12-17,18-13-7-3-8-14-18)19-15-9-4-10-16-19;/h2-16H,1H2;1H. The third-order valence-corrected chi connectivity index (χ3v) is 7.13. The summed E-state index contributed by atoms with van der Waals surface area (Å²) in [5.41, 5.74) is 0. The second-order valence-electron chi connectivity index (χ2n) is 4.82. The molecule has 0 aliphatic rings. The molecule has 0 radical (unpaired) electrons. The van der Waals surface area contributed by atoms with Gasteiger partial charge < -0.3 is 0 Å². The Balaban J connectivity index is 0.00000161. The van der Waals surface area contributed by atoms with Gasteiger partial charge in [-0.15, -0.1) is 17.0 Å². The summed E-state index contributed by atoms with van der Waals surface area (Å²) in [7, 11) is 0. The molecular weight excluding hydrogens is 339 g/mol. The minimum Gasteiger partial charge on any atom is -0.114 e. The molecule has 0 spiro atoms. The van der Waals surface area contributed by atoms with Crippen LogP contribution in [0, 0.1) is 0 Å². The van der Waals surface area contributed by atoms with Crippen molar-refractivity contribution in [3.8, 4) is 0 Å². The number of hydrogen-bond acceptors (Lipinski definition) is 0. The highest BCUT2D eigenvalue weighted by Crippen LogP contribution is 2.41. The maximum Gasteiger partial charge on any atom is -0.0166 e. The lowest BCUT2D eigenvalue weighted by atomic mass is 10.4. The highest BCUT2D eigenvalue weighted by atomic mass is 79.9. The molecule has 3 aromatic carbocycles. The molecule has 0 N–H and O–H groups in total. The van der Waals surface area contributed by atoms with Crippen molar-refractivity contribution in [3.05, 3.63) is 91.0 Å². The fraction of sp³-hybridized carbons (Fsp3) is 0. The normalized spacial score (nSPS) is 10.7. The van der Waals surface area contributed by atoms with Crippen LogP contribution in [0.15, 0.2) is 91.0 Å². The maximum atomic E-state index is 4.69. The van der Waals surface area contributed by atoms with E-state index in [4.69, 9.17) is 6.30 Å². The monoisotopic (exact) mass is 356 g/mol. The van der Waals surface area contributed by atoms with Gasteiger partial charge in [0.05, 0.1) is 0 Å². The van der Waals surface area contributed by atoms with Crippen molar-refractivity contribution in [1.29, 1.82) is 0 Å². The van der Waals surface area contributed by atoms with Gasteiger partial charge in [-0.25, -0.2) is 0 Å². The van der Waals surface area contributed by atoms with E-state index in [0.717, 1.165) is 0 Å². The predicted octanol–water partition coefficient (Wildman–Crippen LogP) is 3.99. The van der Waals surface area contributed by atoms with Gasteiger partial charge in [0.1, 0.15) is 0 Å². The van der Waals surface area contributed by atoms with Gasteiger partial charge in [0.15, 0.2) is 0 Å². The van der Waals surface area contributed by atoms with Crippen LogP contribution in [-0.4, -0.2) is 6.30 Å². The van der Waals surface area contributed by atoms with E-state index in [1.54, 1.807) is 0 Å². The first kappa shape index (κ1) is 15.8. The van der Waals surface area contributed by atoms with Gasteiger partial charge in [0, 0.05) is 0 Å². The molecule has 0 bridgehead atoms. The topological polar surface area (TPSA) is 0 Å². The fourth-order valence-corrected chi connectivity index (χ4v) is 5.43.